The lowest BCUT2D eigenvalue weighted by atomic mass is 10.1. The number of rotatable bonds is 10. The zero-order chi connectivity index (χ0) is 25.6. The first-order chi connectivity index (χ1) is 18.1. The van der Waals surface area contributed by atoms with Crippen LogP contribution in [0.5, 0.6) is 11.5 Å². The summed E-state index contributed by atoms with van der Waals surface area (Å²) < 4.78 is 12.7. The minimum absolute atomic E-state index is 0.0288. The van der Waals surface area contributed by atoms with E-state index in [2.05, 4.69) is 32.0 Å². The van der Waals surface area contributed by atoms with Gasteiger partial charge >= 0.3 is 0 Å². The number of carbonyl (C=O) groups is 1. The third kappa shape index (κ3) is 6.19. The van der Waals surface area contributed by atoms with Crippen molar-refractivity contribution in [2.45, 2.75) is 45.6 Å². The van der Waals surface area contributed by atoms with Crippen LogP contribution in [0.25, 0.3) is 5.95 Å². The maximum Gasteiger partial charge on any atom is 0.237 e. The molecule has 1 N–H and O–H groups in total. The maximum atomic E-state index is 13.1. The Morgan fingerprint density at radius 1 is 1.16 bits per heavy atom. The van der Waals surface area contributed by atoms with Crippen molar-refractivity contribution in [2.24, 2.45) is 0 Å². The Kier molecular flexibility index (Phi) is 7.84. The van der Waals surface area contributed by atoms with Crippen LogP contribution >= 0.6 is 0 Å². The molecule has 0 radical (unpaired) electrons. The van der Waals surface area contributed by atoms with E-state index in [1.54, 1.807) is 12.5 Å². The van der Waals surface area contributed by atoms with E-state index in [0.717, 1.165) is 74.0 Å². The Hall–Kier alpha value is -3.66. The number of aryl methyl sites for hydroxylation is 1. The molecule has 0 aliphatic carbocycles. The minimum Gasteiger partial charge on any atom is -0.454 e. The van der Waals surface area contributed by atoms with Crippen molar-refractivity contribution >= 4 is 11.7 Å². The van der Waals surface area contributed by atoms with Crippen molar-refractivity contribution in [1.82, 2.24) is 29.7 Å². The van der Waals surface area contributed by atoms with E-state index in [-0.39, 0.29) is 18.7 Å². The lowest BCUT2D eigenvalue weighted by Crippen LogP contribution is -2.55. The summed E-state index contributed by atoms with van der Waals surface area (Å²) in [5, 5.41) is 3.12. The maximum absolute atomic E-state index is 13.1. The number of amides is 1. The van der Waals surface area contributed by atoms with Crippen molar-refractivity contribution < 1.29 is 14.3 Å². The number of nitrogens with one attached hydrogen (secondary N) is 1. The van der Waals surface area contributed by atoms with E-state index in [1.165, 1.54) is 0 Å². The highest BCUT2D eigenvalue weighted by Crippen LogP contribution is 2.32. The lowest BCUT2D eigenvalue weighted by molar-refractivity contribution is -0.121. The van der Waals surface area contributed by atoms with Crippen LogP contribution in [0.4, 0.5) is 5.82 Å². The largest absolute Gasteiger partial charge is 0.454 e. The quantitative estimate of drug-likeness (QED) is 0.449. The number of aromatic nitrogens is 4. The predicted molar refractivity (Wildman–Crippen MR) is 140 cm³/mol. The molecule has 2 aliphatic rings. The number of imidazole rings is 1. The lowest BCUT2D eigenvalue weighted by Gasteiger charge is -2.42. The van der Waals surface area contributed by atoms with Gasteiger partial charge in [-0.1, -0.05) is 19.4 Å². The molecular formula is C27H35N7O3. The molecule has 1 saturated heterocycles. The van der Waals surface area contributed by atoms with E-state index < -0.39 is 0 Å². The molecule has 5 rings (SSSR count). The summed E-state index contributed by atoms with van der Waals surface area (Å²) in [5.41, 5.74) is 1.99. The average molecular weight is 506 g/mol. The molecule has 10 heteroatoms. The zero-order valence-electron chi connectivity index (χ0n) is 21.6. The van der Waals surface area contributed by atoms with E-state index in [1.807, 2.05) is 42.0 Å². The second-order valence-electron chi connectivity index (χ2n) is 9.63. The van der Waals surface area contributed by atoms with Gasteiger partial charge in [0.25, 0.3) is 0 Å². The molecule has 1 unspecified atom stereocenters. The monoisotopic (exact) mass is 505 g/mol. The fraction of sp³-hybridized carbons (Fsp3) is 0.481. The smallest absolute Gasteiger partial charge is 0.237 e. The summed E-state index contributed by atoms with van der Waals surface area (Å²) in [6.07, 6.45) is 8.72. The van der Waals surface area contributed by atoms with Crippen LogP contribution in [0.15, 0.2) is 43.0 Å². The summed E-state index contributed by atoms with van der Waals surface area (Å²) in [4.78, 5) is 31.4. The first-order valence-electron chi connectivity index (χ1n) is 13.1. The summed E-state index contributed by atoms with van der Waals surface area (Å²) in [5.74, 6) is 3.03. The zero-order valence-corrected chi connectivity index (χ0v) is 21.6. The Bertz CT molecular complexity index is 1200. The van der Waals surface area contributed by atoms with Gasteiger partial charge in [0.1, 0.15) is 12.1 Å². The van der Waals surface area contributed by atoms with Crippen molar-refractivity contribution in [3.63, 3.8) is 0 Å². The number of unbranched alkanes of at least 4 members (excludes halogenated alkanes) is 1. The van der Waals surface area contributed by atoms with Crippen LogP contribution in [0.1, 0.15) is 37.4 Å². The van der Waals surface area contributed by atoms with Crippen LogP contribution in [-0.2, 0) is 11.2 Å². The van der Waals surface area contributed by atoms with E-state index in [4.69, 9.17) is 14.5 Å². The number of hydrogen-bond donors (Lipinski definition) is 1. The highest BCUT2D eigenvalue weighted by Gasteiger charge is 2.30. The third-order valence-electron chi connectivity index (χ3n) is 6.85. The van der Waals surface area contributed by atoms with Gasteiger partial charge in [-0.25, -0.2) is 9.97 Å². The summed E-state index contributed by atoms with van der Waals surface area (Å²) >= 11 is 0. The van der Waals surface area contributed by atoms with Crippen molar-refractivity contribution in [1.29, 1.82) is 0 Å². The average Bonchev–Trinajstić information content (AvgIpc) is 3.59. The number of fused-ring (bicyclic) bond motifs is 1. The molecule has 0 saturated carbocycles. The number of anilines is 1. The fourth-order valence-electron chi connectivity index (χ4n) is 4.89. The van der Waals surface area contributed by atoms with E-state index in [0.29, 0.717) is 18.9 Å². The number of carbonyl (C=O) groups excluding carboxylic acids is 1. The van der Waals surface area contributed by atoms with Crippen molar-refractivity contribution in [2.75, 3.05) is 44.4 Å². The Labute approximate surface area is 217 Å². The van der Waals surface area contributed by atoms with Crippen LogP contribution in [0, 0.1) is 6.92 Å². The first kappa shape index (κ1) is 25.0. The molecule has 2 aromatic heterocycles. The molecule has 2 aliphatic heterocycles. The highest BCUT2D eigenvalue weighted by molar-refractivity contribution is 5.77. The molecule has 0 bridgehead atoms. The van der Waals surface area contributed by atoms with E-state index >= 15 is 0 Å². The second-order valence-corrected chi connectivity index (χ2v) is 9.63. The van der Waals surface area contributed by atoms with Gasteiger partial charge < -0.3 is 19.7 Å². The van der Waals surface area contributed by atoms with Gasteiger partial charge in [0.2, 0.25) is 18.6 Å². The van der Waals surface area contributed by atoms with Gasteiger partial charge in [0.05, 0.1) is 6.04 Å². The fourth-order valence-corrected chi connectivity index (χ4v) is 4.89. The molecule has 0 spiro atoms. The predicted octanol–water partition coefficient (Wildman–Crippen LogP) is 2.74. The van der Waals surface area contributed by atoms with Gasteiger partial charge in [0, 0.05) is 56.8 Å². The first-order valence-corrected chi connectivity index (χ1v) is 13.1. The molecule has 3 aromatic rings. The number of piperazine rings is 1. The molecule has 1 aromatic carbocycles. The second kappa shape index (κ2) is 11.6. The summed E-state index contributed by atoms with van der Waals surface area (Å²) in [6.45, 7) is 8.67. The molecule has 1 amide bonds. The summed E-state index contributed by atoms with van der Waals surface area (Å²) in [6, 6.07) is 7.96. The SMILES string of the molecule is CCCCN1CCN(c2cc(C)nc(-n3ccnc3)n2)C(CC(=O)NCCc2ccc3c(c2)OCO3)C1. The number of ether oxygens (including phenoxy) is 2. The van der Waals surface area contributed by atoms with Crippen molar-refractivity contribution in [3.05, 3.63) is 54.2 Å². The van der Waals surface area contributed by atoms with Gasteiger partial charge in [-0.15, -0.1) is 0 Å². The molecule has 4 heterocycles. The van der Waals surface area contributed by atoms with Crippen LogP contribution in [0.3, 0.4) is 0 Å². The summed E-state index contributed by atoms with van der Waals surface area (Å²) in [7, 11) is 0. The van der Waals surface area contributed by atoms with Gasteiger partial charge in [-0.05, 0) is 44.0 Å². The van der Waals surface area contributed by atoms with Gasteiger partial charge in [-0.2, -0.15) is 4.98 Å². The van der Waals surface area contributed by atoms with Crippen molar-refractivity contribution in [3.8, 4) is 17.4 Å². The van der Waals surface area contributed by atoms with Crippen LogP contribution in [-0.4, -0.2) is 75.9 Å². The normalized spacial score (nSPS) is 17.2. The Morgan fingerprint density at radius 2 is 2.05 bits per heavy atom. The van der Waals surface area contributed by atoms with Gasteiger partial charge in [0.15, 0.2) is 11.5 Å². The molecule has 1 fully saturated rings. The van der Waals surface area contributed by atoms with Crippen LogP contribution in [0.2, 0.25) is 0 Å². The number of hydrogen-bond acceptors (Lipinski definition) is 8. The molecular weight excluding hydrogens is 470 g/mol. The topological polar surface area (TPSA) is 97.6 Å². The molecule has 196 valence electrons. The van der Waals surface area contributed by atoms with E-state index in [9.17, 15) is 4.79 Å². The van der Waals surface area contributed by atoms with Gasteiger partial charge in [-0.3, -0.25) is 14.3 Å². The highest BCUT2D eigenvalue weighted by atomic mass is 16.7. The molecule has 1 atom stereocenters. The third-order valence-corrected chi connectivity index (χ3v) is 6.85. The number of nitrogens with zero attached hydrogens (tertiary/aromatic N) is 6. The standard InChI is InChI=1S/C27H35N7O3/c1-3-4-10-32-12-13-34(25-14-20(2)30-27(31-25)33-11-9-28-18-33)22(17-32)16-26(35)29-8-7-21-5-6-23-24(15-21)37-19-36-23/h5-6,9,11,14-15,18,22H,3-4,7-8,10,12-13,16-17,19H2,1-2H3,(H,29,35). The Balaban J connectivity index is 1.25. The molecule has 10 nitrogen and oxygen atoms in total. The van der Waals surface area contributed by atoms with Crippen LogP contribution < -0.4 is 19.7 Å². The Morgan fingerprint density at radius 3 is 2.89 bits per heavy atom. The minimum atomic E-state index is 0.0288. The number of benzene rings is 1. The molecule has 37 heavy (non-hydrogen) atoms.